The summed E-state index contributed by atoms with van der Waals surface area (Å²) in [7, 11) is 0. The van der Waals surface area contributed by atoms with Gasteiger partial charge in [-0.2, -0.15) is 0 Å². The van der Waals surface area contributed by atoms with Crippen molar-refractivity contribution in [1.29, 1.82) is 0 Å². The number of rotatable bonds is 8. The highest BCUT2D eigenvalue weighted by atomic mass is 16.5. The Kier molecular flexibility index (Phi) is 7.45. The lowest BCUT2D eigenvalue weighted by atomic mass is 9.94. The molecule has 1 aromatic carbocycles. The van der Waals surface area contributed by atoms with E-state index in [-0.39, 0.29) is 12.5 Å². The molecular formula is C20H31N3O3. The van der Waals surface area contributed by atoms with Crippen molar-refractivity contribution in [1.82, 2.24) is 10.2 Å². The van der Waals surface area contributed by atoms with Gasteiger partial charge in [0.1, 0.15) is 5.75 Å². The van der Waals surface area contributed by atoms with Gasteiger partial charge in [0, 0.05) is 18.2 Å². The third kappa shape index (κ3) is 6.02. The molecule has 1 heterocycles. The van der Waals surface area contributed by atoms with Gasteiger partial charge in [-0.1, -0.05) is 26.8 Å². The van der Waals surface area contributed by atoms with Gasteiger partial charge in [0.15, 0.2) is 6.61 Å². The first kappa shape index (κ1) is 20.2. The smallest absolute Gasteiger partial charge is 0.255 e. The van der Waals surface area contributed by atoms with E-state index in [0.29, 0.717) is 29.8 Å². The Morgan fingerprint density at radius 1 is 1.31 bits per heavy atom. The highest BCUT2D eigenvalue weighted by Crippen LogP contribution is 2.21. The minimum absolute atomic E-state index is 0.134. The molecule has 0 bridgehead atoms. The molecule has 1 fully saturated rings. The zero-order chi connectivity index (χ0) is 19.1. The van der Waals surface area contributed by atoms with Crippen molar-refractivity contribution in [2.45, 2.75) is 39.7 Å². The third-order valence-corrected chi connectivity index (χ3v) is 5.01. The maximum Gasteiger partial charge on any atom is 0.255 e. The molecule has 1 aliphatic heterocycles. The fourth-order valence-electron chi connectivity index (χ4n) is 3.33. The van der Waals surface area contributed by atoms with Crippen LogP contribution in [0.4, 0.5) is 0 Å². The largest absolute Gasteiger partial charge is 0.484 e. The molecule has 0 radical (unpaired) electrons. The lowest BCUT2D eigenvalue weighted by molar-refractivity contribution is -0.119. The second-order valence-electron chi connectivity index (χ2n) is 7.52. The SMILES string of the molecule is CC1CCN([C@H](CNC(=O)c2cccc(OCC(N)=O)c2)C(C)C)CC1. The Hall–Kier alpha value is -2.08. The molecule has 0 saturated carbocycles. The van der Waals surface area contributed by atoms with E-state index < -0.39 is 5.91 Å². The average Bonchev–Trinajstić information content (AvgIpc) is 2.61. The van der Waals surface area contributed by atoms with Crippen LogP contribution in [0.1, 0.15) is 44.0 Å². The Bertz CT molecular complexity index is 610. The molecule has 0 unspecified atom stereocenters. The van der Waals surface area contributed by atoms with Gasteiger partial charge >= 0.3 is 0 Å². The molecule has 3 N–H and O–H groups in total. The summed E-state index contributed by atoms with van der Waals surface area (Å²) in [4.78, 5) is 25.8. The summed E-state index contributed by atoms with van der Waals surface area (Å²) in [6.45, 7) is 9.31. The second kappa shape index (κ2) is 9.57. The molecule has 6 heteroatoms. The lowest BCUT2D eigenvalue weighted by Gasteiger charge is -2.38. The fourth-order valence-corrected chi connectivity index (χ4v) is 3.33. The van der Waals surface area contributed by atoms with Crippen LogP contribution in [-0.2, 0) is 4.79 Å². The van der Waals surface area contributed by atoms with Crippen LogP contribution >= 0.6 is 0 Å². The summed E-state index contributed by atoms with van der Waals surface area (Å²) in [6, 6.07) is 7.13. The number of amides is 2. The van der Waals surface area contributed by atoms with Crippen molar-refractivity contribution in [3.63, 3.8) is 0 Å². The summed E-state index contributed by atoms with van der Waals surface area (Å²) >= 11 is 0. The van der Waals surface area contributed by atoms with Crippen molar-refractivity contribution >= 4 is 11.8 Å². The molecule has 1 aromatic rings. The summed E-state index contributed by atoms with van der Waals surface area (Å²) in [6.07, 6.45) is 2.44. The van der Waals surface area contributed by atoms with Crippen LogP contribution in [0.3, 0.4) is 0 Å². The van der Waals surface area contributed by atoms with E-state index in [1.54, 1.807) is 24.3 Å². The summed E-state index contributed by atoms with van der Waals surface area (Å²) in [5, 5.41) is 3.05. The zero-order valence-electron chi connectivity index (χ0n) is 16.0. The molecule has 0 aromatic heterocycles. The van der Waals surface area contributed by atoms with Gasteiger partial charge in [0.25, 0.3) is 11.8 Å². The minimum atomic E-state index is -0.546. The summed E-state index contributed by atoms with van der Waals surface area (Å²) in [5.74, 6) is 1.04. The third-order valence-electron chi connectivity index (χ3n) is 5.01. The number of ether oxygens (including phenoxy) is 1. The number of primary amides is 1. The maximum atomic E-state index is 12.5. The first-order valence-electron chi connectivity index (χ1n) is 9.40. The van der Waals surface area contributed by atoms with Crippen molar-refractivity contribution < 1.29 is 14.3 Å². The Morgan fingerprint density at radius 2 is 2.00 bits per heavy atom. The molecule has 26 heavy (non-hydrogen) atoms. The monoisotopic (exact) mass is 361 g/mol. The zero-order valence-corrected chi connectivity index (χ0v) is 16.0. The van der Waals surface area contributed by atoms with Gasteiger partial charge < -0.3 is 15.8 Å². The van der Waals surface area contributed by atoms with Crippen molar-refractivity contribution in [2.24, 2.45) is 17.6 Å². The highest BCUT2D eigenvalue weighted by molar-refractivity contribution is 5.94. The van der Waals surface area contributed by atoms with E-state index in [4.69, 9.17) is 10.5 Å². The molecule has 6 nitrogen and oxygen atoms in total. The maximum absolute atomic E-state index is 12.5. The standard InChI is InChI=1S/C20H31N3O3/c1-14(2)18(23-9-7-15(3)8-10-23)12-22-20(25)16-5-4-6-17(11-16)26-13-19(21)24/h4-6,11,14-15,18H,7-10,12-13H2,1-3H3,(H2,21,24)(H,22,25)/t18-/m1/s1. The molecule has 1 saturated heterocycles. The lowest BCUT2D eigenvalue weighted by Crippen LogP contribution is -2.49. The van der Waals surface area contributed by atoms with Gasteiger partial charge in [0.05, 0.1) is 0 Å². The molecule has 1 atom stereocenters. The number of piperidine rings is 1. The molecular weight excluding hydrogens is 330 g/mol. The second-order valence-corrected chi connectivity index (χ2v) is 7.52. The van der Waals surface area contributed by atoms with Crippen LogP contribution < -0.4 is 15.8 Å². The molecule has 0 aliphatic carbocycles. The van der Waals surface area contributed by atoms with Gasteiger partial charge in [-0.25, -0.2) is 0 Å². The van der Waals surface area contributed by atoms with E-state index >= 15 is 0 Å². The fraction of sp³-hybridized carbons (Fsp3) is 0.600. The van der Waals surface area contributed by atoms with Gasteiger partial charge in [-0.3, -0.25) is 14.5 Å². The number of hydrogen-bond acceptors (Lipinski definition) is 4. The van der Waals surface area contributed by atoms with Crippen LogP contribution in [0.2, 0.25) is 0 Å². The number of benzene rings is 1. The van der Waals surface area contributed by atoms with Gasteiger partial charge in [-0.05, 0) is 56.0 Å². The Morgan fingerprint density at radius 3 is 2.62 bits per heavy atom. The van der Waals surface area contributed by atoms with Crippen LogP contribution in [0, 0.1) is 11.8 Å². The van der Waals surface area contributed by atoms with Gasteiger partial charge in [0.2, 0.25) is 0 Å². The van der Waals surface area contributed by atoms with Crippen molar-refractivity contribution in [3.05, 3.63) is 29.8 Å². The van der Waals surface area contributed by atoms with Crippen molar-refractivity contribution in [2.75, 3.05) is 26.2 Å². The van der Waals surface area contributed by atoms with Crippen LogP contribution in [-0.4, -0.2) is 49.0 Å². The number of carbonyl (C=O) groups is 2. The Balaban J connectivity index is 1.93. The number of hydrogen-bond donors (Lipinski definition) is 2. The van der Waals surface area contributed by atoms with E-state index in [9.17, 15) is 9.59 Å². The normalized spacial score (nSPS) is 17.1. The Labute approximate surface area is 156 Å². The highest BCUT2D eigenvalue weighted by Gasteiger charge is 2.26. The molecule has 1 aliphatic rings. The number of carbonyl (C=O) groups excluding carboxylic acids is 2. The van der Waals surface area contributed by atoms with Crippen LogP contribution in [0.15, 0.2) is 24.3 Å². The van der Waals surface area contributed by atoms with E-state index in [1.807, 2.05) is 0 Å². The quantitative estimate of drug-likeness (QED) is 0.742. The minimum Gasteiger partial charge on any atom is -0.484 e. The predicted octanol–water partition coefficient (Wildman–Crippen LogP) is 2.04. The summed E-state index contributed by atoms with van der Waals surface area (Å²) in [5.41, 5.74) is 5.59. The van der Waals surface area contributed by atoms with E-state index in [1.165, 1.54) is 12.8 Å². The number of nitrogens with two attached hydrogens (primary N) is 1. The molecule has 0 spiro atoms. The number of nitrogens with one attached hydrogen (secondary N) is 1. The average molecular weight is 361 g/mol. The van der Waals surface area contributed by atoms with E-state index in [0.717, 1.165) is 19.0 Å². The first-order chi connectivity index (χ1) is 12.4. The molecule has 2 rings (SSSR count). The van der Waals surface area contributed by atoms with Gasteiger partial charge in [-0.15, -0.1) is 0 Å². The van der Waals surface area contributed by atoms with E-state index in [2.05, 4.69) is 31.0 Å². The van der Waals surface area contributed by atoms with Crippen LogP contribution in [0.25, 0.3) is 0 Å². The number of likely N-dealkylation sites (tertiary alicyclic amines) is 1. The predicted molar refractivity (Wildman–Crippen MR) is 102 cm³/mol. The van der Waals surface area contributed by atoms with Crippen LogP contribution in [0.5, 0.6) is 5.75 Å². The van der Waals surface area contributed by atoms with Crippen molar-refractivity contribution in [3.8, 4) is 5.75 Å². The molecule has 144 valence electrons. The first-order valence-corrected chi connectivity index (χ1v) is 9.40. The molecule has 2 amide bonds. The number of nitrogens with zero attached hydrogens (tertiary/aromatic N) is 1. The summed E-state index contributed by atoms with van der Waals surface area (Å²) < 4.78 is 5.26. The topological polar surface area (TPSA) is 84.7 Å².